The van der Waals surface area contributed by atoms with Gasteiger partial charge in [0.15, 0.2) is 0 Å². The van der Waals surface area contributed by atoms with Crippen molar-refractivity contribution in [1.82, 2.24) is 9.97 Å². The molecule has 1 unspecified atom stereocenters. The minimum Gasteiger partial charge on any atom is -0.340 e. The minimum absolute atomic E-state index is 0.111. The number of anilines is 1. The van der Waals surface area contributed by atoms with Crippen LogP contribution in [0, 0.1) is 5.82 Å². The zero-order chi connectivity index (χ0) is 16.4. The summed E-state index contributed by atoms with van der Waals surface area (Å²) in [7, 11) is -3.79. The molecule has 6 nitrogen and oxygen atoms in total. The fourth-order valence-corrected chi connectivity index (χ4v) is 3.21. The van der Waals surface area contributed by atoms with E-state index in [0.717, 1.165) is 24.9 Å². The Morgan fingerprint density at radius 3 is 2.65 bits per heavy atom. The van der Waals surface area contributed by atoms with Crippen LogP contribution in [0.2, 0.25) is 0 Å². The number of piperidine rings is 1. The molecule has 1 atom stereocenters. The summed E-state index contributed by atoms with van der Waals surface area (Å²) in [5.74, 6) is 0.410. The van der Waals surface area contributed by atoms with Crippen LogP contribution in [0.4, 0.5) is 10.3 Å². The first kappa shape index (κ1) is 15.8. The number of primary sulfonamides is 1. The molecule has 1 aliphatic heterocycles. The van der Waals surface area contributed by atoms with Crippen LogP contribution in [-0.2, 0) is 10.0 Å². The topological polar surface area (TPSA) is 89.2 Å². The van der Waals surface area contributed by atoms with Crippen molar-refractivity contribution in [3.63, 3.8) is 0 Å². The molecule has 1 fully saturated rings. The lowest BCUT2D eigenvalue weighted by Crippen LogP contribution is -2.35. The molecule has 0 saturated carbocycles. The molecule has 8 heteroatoms. The van der Waals surface area contributed by atoms with Gasteiger partial charge in [-0.3, -0.25) is 0 Å². The minimum atomic E-state index is -3.79. The van der Waals surface area contributed by atoms with Gasteiger partial charge in [0.1, 0.15) is 10.7 Å². The van der Waals surface area contributed by atoms with Crippen LogP contribution in [0.3, 0.4) is 0 Å². The summed E-state index contributed by atoms with van der Waals surface area (Å²) < 4.78 is 35.9. The fourth-order valence-electron chi connectivity index (χ4n) is 2.81. The molecule has 1 aliphatic rings. The first-order chi connectivity index (χ1) is 10.9. The van der Waals surface area contributed by atoms with Crippen LogP contribution >= 0.6 is 0 Å². The lowest BCUT2D eigenvalue weighted by molar-refractivity contribution is 0.500. The highest BCUT2D eigenvalue weighted by atomic mass is 32.2. The van der Waals surface area contributed by atoms with Crippen LogP contribution in [-0.4, -0.2) is 31.5 Å². The molecule has 0 aliphatic carbocycles. The summed E-state index contributed by atoms with van der Waals surface area (Å²) in [5, 5.41) is 5.04. The Kier molecular flexibility index (Phi) is 4.27. The van der Waals surface area contributed by atoms with Gasteiger partial charge in [-0.05, 0) is 30.5 Å². The van der Waals surface area contributed by atoms with E-state index in [-0.39, 0.29) is 16.6 Å². The first-order valence-corrected chi connectivity index (χ1v) is 8.83. The fraction of sp³-hybridized carbons (Fsp3) is 0.333. The summed E-state index contributed by atoms with van der Waals surface area (Å²) in [6.07, 6.45) is 4.32. The maximum Gasteiger partial charge on any atom is 0.241 e. The summed E-state index contributed by atoms with van der Waals surface area (Å²) >= 11 is 0. The molecule has 2 N–H and O–H groups in total. The molecule has 1 aromatic heterocycles. The van der Waals surface area contributed by atoms with Gasteiger partial charge in [-0.1, -0.05) is 12.1 Å². The molecule has 0 bridgehead atoms. The van der Waals surface area contributed by atoms with Gasteiger partial charge in [0, 0.05) is 19.0 Å². The molecule has 23 heavy (non-hydrogen) atoms. The van der Waals surface area contributed by atoms with E-state index in [4.69, 9.17) is 5.14 Å². The number of nitrogens with two attached hydrogens (primary N) is 1. The average Bonchev–Trinajstić information content (AvgIpc) is 2.54. The lowest BCUT2D eigenvalue weighted by Gasteiger charge is -2.33. The second-order valence-electron chi connectivity index (χ2n) is 5.60. The zero-order valence-electron chi connectivity index (χ0n) is 12.4. The van der Waals surface area contributed by atoms with Crippen LogP contribution in [0.15, 0.2) is 41.6 Å². The van der Waals surface area contributed by atoms with E-state index < -0.39 is 10.0 Å². The molecule has 0 amide bonds. The standard InChI is InChI=1S/C15H17FN4O2S/c16-13-5-1-3-11(7-13)12-4-2-6-20(10-12)15-18-8-14(9-19-15)23(17,21)22/h1,3,5,7-9,12H,2,4,6,10H2,(H2,17,21,22). The van der Waals surface area contributed by atoms with E-state index in [1.54, 1.807) is 12.1 Å². The largest absolute Gasteiger partial charge is 0.340 e. The molecule has 122 valence electrons. The van der Waals surface area contributed by atoms with Gasteiger partial charge in [-0.15, -0.1) is 0 Å². The first-order valence-electron chi connectivity index (χ1n) is 7.29. The van der Waals surface area contributed by atoms with Gasteiger partial charge in [0.05, 0.1) is 12.4 Å². The second kappa shape index (κ2) is 6.21. The highest BCUT2D eigenvalue weighted by Crippen LogP contribution is 2.28. The summed E-state index contributed by atoms with van der Waals surface area (Å²) in [6, 6.07) is 6.61. The summed E-state index contributed by atoms with van der Waals surface area (Å²) in [4.78, 5) is 10.1. The third-order valence-electron chi connectivity index (χ3n) is 3.97. The van der Waals surface area contributed by atoms with Gasteiger partial charge >= 0.3 is 0 Å². The number of sulfonamides is 1. The van der Waals surface area contributed by atoms with E-state index in [9.17, 15) is 12.8 Å². The molecule has 1 saturated heterocycles. The maximum atomic E-state index is 13.4. The number of hydrogen-bond donors (Lipinski definition) is 1. The lowest BCUT2D eigenvalue weighted by atomic mass is 9.91. The van der Waals surface area contributed by atoms with Crippen molar-refractivity contribution < 1.29 is 12.8 Å². The molecule has 0 radical (unpaired) electrons. The van der Waals surface area contributed by atoms with E-state index in [0.29, 0.717) is 12.5 Å². The number of aromatic nitrogens is 2. The van der Waals surface area contributed by atoms with Gasteiger partial charge in [-0.25, -0.2) is 27.9 Å². The van der Waals surface area contributed by atoms with Crippen LogP contribution in [0.1, 0.15) is 24.3 Å². The maximum absolute atomic E-state index is 13.4. The second-order valence-corrected chi connectivity index (χ2v) is 7.17. The Morgan fingerprint density at radius 1 is 1.26 bits per heavy atom. The summed E-state index contributed by atoms with van der Waals surface area (Å²) in [5.41, 5.74) is 0.954. The van der Waals surface area contributed by atoms with Crippen molar-refractivity contribution in [2.45, 2.75) is 23.7 Å². The van der Waals surface area contributed by atoms with Crippen molar-refractivity contribution in [1.29, 1.82) is 0 Å². The van der Waals surface area contributed by atoms with Crippen molar-refractivity contribution in [2.75, 3.05) is 18.0 Å². The predicted octanol–water partition coefficient (Wildman–Crippen LogP) is 1.65. The molecule has 0 spiro atoms. The van der Waals surface area contributed by atoms with Crippen molar-refractivity contribution in [3.05, 3.63) is 48.0 Å². The molecule has 2 aromatic rings. The van der Waals surface area contributed by atoms with Crippen molar-refractivity contribution >= 4 is 16.0 Å². The molecule has 2 heterocycles. The van der Waals surface area contributed by atoms with Crippen molar-refractivity contribution in [2.24, 2.45) is 5.14 Å². The van der Waals surface area contributed by atoms with Crippen LogP contribution in [0.25, 0.3) is 0 Å². The molecular formula is C15H17FN4O2S. The van der Waals surface area contributed by atoms with E-state index in [1.165, 1.54) is 18.5 Å². The Morgan fingerprint density at radius 2 is 2.00 bits per heavy atom. The highest BCUT2D eigenvalue weighted by molar-refractivity contribution is 7.89. The summed E-state index contributed by atoms with van der Waals surface area (Å²) in [6.45, 7) is 1.44. The number of halogens is 1. The van der Waals surface area contributed by atoms with Gasteiger partial charge in [0.25, 0.3) is 0 Å². The quantitative estimate of drug-likeness (QED) is 0.920. The Hall–Kier alpha value is -2.06. The molecular weight excluding hydrogens is 319 g/mol. The Bertz CT molecular complexity index is 795. The smallest absolute Gasteiger partial charge is 0.241 e. The number of nitrogens with zero attached hydrogens (tertiary/aromatic N) is 3. The van der Waals surface area contributed by atoms with Gasteiger partial charge in [0.2, 0.25) is 16.0 Å². The average molecular weight is 336 g/mol. The normalized spacial score (nSPS) is 18.9. The third-order valence-corrected chi connectivity index (χ3v) is 4.84. The Balaban J connectivity index is 1.78. The van der Waals surface area contributed by atoms with E-state index in [2.05, 4.69) is 9.97 Å². The van der Waals surface area contributed by atoms with Gasteiger partial charge < -0.3 is 4.90 Å². The number of hydrogen-bond acceptors (Lipinski definition) is 5. The van der Waals surface area contributed by atoms with Crippen molar-refractivity contribution in [3.8, 4) is 0 Å². The Labute approximate surface area is 134 Å². The monoisotopic (exact) mass is 336 g/mol. The number of rotatable bonds is 3. The zero-order valence-corrected chi connectivity index (χ0v) is 13.2. The van der Waals surface area contributed by atoms with E-state index >= 15 is 0 Å². The molecule has 1 aromatic carbocycles. The van der Waals surface area contributed by atoms with Gasteiger partial charge in [-0.2, -0.15) is 0 Å². The van der Waals surface area contributed by atoms with Crippen LogP contribution < -0.4 is 10.0 Å². The van der Waals surface area contributed by atoms with Crippen LogP contribution in [0.5, 0.6) is 0 Å². The number of benzene rings is 1. The SMILES string of the molecule is NS(=O)(=O)c1cnc(N2CCCC(c3cccc(F)c3)C2)nc1. The predicted molar refractivity (Wildman–Crippen MR) is 84.0 cm³/mol. The molecule has 3 rings (SSSR count). The highest BCUT2D eigenvalue weighted by Gasteiger charge is 2.23. The third kappa shape index (κ3) is 3.65. The van der Waals surface area contributed by atoms with E-state index in [1.807, 2.05) is 11.0 Å².